The summed E-state index contributed by atoms with van der Waals surface area (Å²) in [5.41, 5.74) is 0. The molecule has 0 saturated carbocycles. The summed E-state index contributed by atoms with van der Waals surface area (Å²) in [6.45, 7) is 8.43. The second kappa shape index (κ2) is 7.28. The summed E-state index contributed by atoms with van der Waals surface area (Å²) in [6.07, 6.45) is -0.604. The Morgan fingerprint density at radius 2 is 2.05 bits per heavy atom. The van der Waals surface area contributed by atoms with Crippen LogP contribution in [0.15, 0.2) is 4.99 Å². The van der Waals surface area contributed by atoms with Crippen LogP contribution in [0.3, 0.4) is 0 Å². The molecule has 1 unspecified atom stereocenters. The summed E-state index contributed by atoms with van der Waals surface area (Å²) in [5, 5.41) is 5.84. The van der Waals surface area contributed by atoms with E-state index in [0.717, 1.165) is 12.4 Å². The molecular formula is C14H26N4O3. The number of amidine groups is 1. The molecule has 0 saturated heterocycles. The monoisotopic (exact) mass is 298 g/mol. The van der Waals surface area contributed by atoms with Gasteiger partial charge in [-0.1, -0.05) is 13.8 Å². The van der Waals surface area contributed by atoms with E-state index >= 15 is 0 Å². The minimum atomic E-state index is -0.621. The van der Waals surface area contributed by atoms with Crippen LogP contribution < -0.4 is 10.6 Å². The molecule has 2 amide bonds. The van der Waals surface area contributed by atoms with Crippen LogP contribution in [0.4, 0.5) is 4.79 Å². The van der Waals surface area contributed by atoms with Gasteiger partial charge in [-0.25, -0.2) is 4.79 Å². The fourth-order valence-corrected chi connectivity index (χ4v) is 2.12. The van der Waals surface area contributed by atoms with Gasteiger partial charge in [0.05, 0.1) is 19.7 Å². The lowest BCUT2D eigenvalue weighted by atomic mass is 10.0. The minimum Gasteiger partial charge on any atom is -0.453 e. The van der Waals surface area contributed by atoms with E-state index < -0.39 is 12.1 Å². The normalized spacial score (nSPS) is 20.3. The van der Waals surface area contributed by atoms with Crippen LogP contribution in [0.5, 0.6) is 0 Å². The van der Waals surface area contributed by atoms with Crippen LogP contribution in [0.1, 0.15) is 27.7 Å². The Labute approximate surface area is 126 Å². The first-order chi connectivity index (χ1) is 9.77. The van der Waals surface area contributed by atoms with Crippen molar-refractivity contribution < 1.29 is 14.3 Å². The highest BCUT2D eigenvalue weighted by atomic mass is 16.5. The number of aliphatic imine (C=N–C) groups is 1. The van der Waals surface area contributed by atoms with Crippen molar-refractivity contribution in [2.45, 2.75) is 45.8 Å². The summed E-state index contributed by atoms with van der Waals surface area (Å²) in [6, 6.07) is -0.493. The number of alkyl carbamates (subject to hydrolysis) is 1. The molecule has 21 heavy (non-hydrogen) atoms. The van der Waals surface area contributed by atoms with Crippen molar-refractivity contribution in [2.75, 3.05) is 20.7 Å². The number of nitrogens with one attached hydrogen (secondary N) is 2. The van der Waals surface area contributed by atoms with Crippen molar-refractivity contribution in [1.82, 2.24) is 15.5 Å². The van der Waals surface area contributed by atoms with Gasteiger partial charge in [0.2, 0.25) is 5.91 Å². The zero-order valence-electron chi connectivity index (χ0n) is 13.6. The van der Waals surface area contributed by atoms with Crippen LogP contribution in [-0.4, -0.2) is 61.6 Å². The van der Waals surface area contributed by atoms with E-state index in [1.165, 1.54) is 7.11 Å². The zero-order valence-corrected chi connectivity index (χ0v) is 13.6. The molecular weight excluding hydrogens is 272 g/mol. The molecule has 0 aromatic heterocycles. The minimum absolute atomic E-state index is 0.0383. The first-order valence-electron chi connectivity index (χ1n) is 7.20. The number of amides is 2. The number of hydrogen-bond acceptors (Lipinski definition) is 5. The number of methoxy groups -OCH3 is 1. The molecule has 0 aliphatic carbocycles. The van der Waals surface area contributed by atoms with Gasteiger partial charge in [-0.3, -0.25) is 9.79 Å². The molecule has 0 fully saturated rings. The summed E-state index contributed by atoms with van der Waals surface area (Å²) < 4.78 is 4.58. The third kappa shape index (κ3) is 4.34. The van der Waals surface area contributed by atoms with E-state index in [1.54, 1.807) is 11.9 Å². The third-order valence-corrected chi connectivity index (χ3v) is 3.65. The summed E-state index contributed by atoms with van der Waals surface area (Å²) in [7, 11) is 3.00. The standard InChI is InChI=1S/C14H26N4O3/c1-8(2)11(17-14(20)21-6)13(19)18(5)10(4)12-15-7-9(3)16-12/h8-11H,7H2,1-6H3,(H,15,16)(H,17,20)/t9-,10?,11-/m0/s1. The summed E-state index contributed by atoms with van der Waals surface area (Å²) in [5.74, 6) is 0.606. The topological polar surface area (TPSA) is 83.0 Å². The van der Waals surface area contributed by atoms with Crippen LogP contribution in [0.25, 0.3) is 0 Å². The van der Waals surface area contributed by atoms with Crippen molar-refractivity contribution in [1.29, 1.82) is 0 Å². The average Bonchev–Trinajstić information content (AvgIpc) is 2.88. The Bertz CT molecular complexity index is 422. The number of hydrogen-bond donors (Lipinski definition) is 2. The van der Waals surface area contributed by atoms with Crippen molar-refractivity contribution in [3.05, 3.63) is 0 Å². The lowest BCUT2D eigenvalue weighted by Crippen LogP contribution is -2.55. The van der Waals surface area contributed by atoms with Gasteiger partial charge in [0.25, 0.3) is 0 Å². The highest BCUT2D eigenvalue weighted by Crippen LogP contribution is 2.10. The first kappa shape index (κ1) is 17.3. The van der Waals surface area contributed by atoms with Crippen molar-refractivity contribution in [2.24, 2.45) is 10.9 Å². The Kier molecular flexibility index (Phi) is 5.99. The molecule has 7 heteroatoms. The van der Waals surface area contributed by atoms with Crippen molar-refractivity contribution >= 4 is 17.8 Å². The molecule has 0 aromatic rings. The van der Waals surface area contributed by atoms with Gasteiger partial charge in [-0.05, 0) is 19.8 Å². The second-order valence-corrected chi connectivity index (χ2v) is 5.75. The van der Waals surface area contributed by atoms with Gasteiger partial charge in [0, 0.05) is 13.1 Å². The molecule has 0 spiro atoms. The van der Waals surface area contributed by atoms with Crippen LogP contribution >= 0.6 is 0 Å². The highest BCUT2D eigenvalue weighted by Gasteiger charge is 2.32. The molecule has 1 aliphatic rings. The maximum Gasteiger partial charge on any atom is 0.407 e. The molecule has 1 rings (SSSR count). The Morgan fingerprint density at radius 3 is 2.48 bits per heavy atom. The fraction of sp³-hybridized carbons (Fsp3) is 0.786. The maximum atomic E-state index is 12.6. The lowest BCUT2D eigenvalue weighted by molar-refractivity contribution is -0.133. The van der Waals surface area contributed by atoms with Crippen molar-refractivity contribution in [3.8, 4) is 0 Å². The molecule has 7 nitrogen and oxygen atoms in total. The molecule has 120 valence electrons. The molecule has 2 N–H and O–H groups in total. The van der Waals surface area contributed by atoms with E-state index in [4.69, 9.17) is 0 Å². The number of carbonyl (C=O) groups is 2. The number of nitrogens with zero attached hydrogens (tertiary/aromatic N) is 2. The largest absolute Gasteiger partial charge is 0.453 e. The maximum absolute atomic E-state index is 12.6. The Balaban J connectivity index is 2.75. The molecule has 1 heterocycles. The highest BCUT2D eigenvalue weighted by molar-refractivity contribution is 5.94. The molecule has 1 aliphatic heterocycles. The van der Waals surface area contributed by atoms with E-state index in [-0.39, 0.29) is 17.9 Å². The van der Waals surface area contributed by atoms with Crippen LogP contribution in [0, 0.1) is 5.92 Å². The zero-order chi connectivity index (χ0) is 16.2. The predicted molar refractivity (Wildman–Crippen MR) is 81.3 cm³/mol. The van der Waals surface area contributed by atoms with E-state index in [0.29, 0.717) is 6.04 Å². The molecule has 0 radical (unpaired) electrons. The third-order valence-electron chi connectivity index (χ3n) is 3.65. The van der Waals surface area contributed by atoms with Crippen molar-refractivity contribution in [3.63, 3.8) is 0 Å². The molecule has 0 bridgehead atoms. The molecule has 0 aromatic carbocycles. The number of rotatable bonds is 5. The fourth-order valence-electron chi connectivity index (χ4n) is 2.12. The van der Waals surface area contributed by atoms with E-state index in [1.807, 2.05) is 27.7 Å². The number of carbonyl (C=O) groups excluding carboxylic acids is 2. The second-order valence-electron chi connectivity index (χ2n) is 5.75. The van der Waals surface area contributed by atoms with E-state index in [9.17, 15) is 9.59 Å². The Hall–Kier alpha value is -1.79. The van der Waals surface area contributed by atoms with E-state index in [2.05, 4.69) is 20.4 Å². The number of ether oxygens (including phenoxy) is 1. The SMILES string of the molecule is COC(=O)N[C@H](C(=O)N(C)C(C)C1=NC[C@H](C)N1)C(C)C. The van der Waals surface area contributed by atoms with Gasteiger partial charge in [-0.2, -0.15) is 0 Å². The van der Waals surface area contributed by atoms with Gasteiger partial charge >= 0.3 is 6.09 Å². The predicted octanol–water partition coefficient (Wildman–Crippen LogP) is 0.604. The Morgan fingerprint density at radius 1 is 1.43 bits per heavy atom. The van der Waals surface area contributed by atoms with Gasteiger partial charge in [-0.15, -0.1) is 0 Å². The summed E-state index contributed by atoms with van der Waals surface area (Å²) >= 11 is 0. The quantitative estimate of drug-likeness (QED) is 0.779. The average molecular weight is 298 g/mol. The van der Waals surface area contributed by atoms with Gasteiger partial charge in [0.15, 0.2) is 0 Å². The van der Waals surface area contributed by atoms with Crippen LogP contribution in [-0.2, 0) is 9.53 Å². The smallest absolute Gasteiger partial charge is 0.407 e. The number of likely N-dealkylation sites (N-methyl/N-ethyl adjacent to an activating group) is 1. The molecule has 3 atom stereocenters. The summed E-state index contributed by atoms with van der Waals surface area (Å²) in [4.78, 5) is 30.0. The first-order valence-corrected chi connectivity index (χ1v) is 7.20. The van der Waals surface area contributed by atoms with Crippen LogP contribution in [0.2, 0.25) is 0 Å². The van der Waals surface area contributed by atoms with Gasteiger partial charge < -0.3 is 20.3 Å². The van der Waals surface area contributed by atoms with Gasteiger partial charge in [0.1, 0.15) is 11.9 Å². The lowest BCUT2D eigenvalue weighted by Gasteiger charge is -2.31.